The van der Waals surface area contributed by atoms with Crippen molar-refractivity contribution < 1.29 is 23.9 Å². The largest absolute Gasteiger partial charge is 0.445 e. The second kappa shape index (κ2) is 5.96. The molecule has 0 aliphatic carbocycles. The predicted molar refractivity (Wildman–Crippen MR) is 82.5 cm³/mol. The van der Waals surface area contributed by atoms with Crippen molar-refractivity contribution in [3.05, 3.63) is 12.7 Å². The Kier molecular flexibility index (Phi) is 4.52. The first-order chi connectivity index (χ1) is 10.4. The normalized spacial score (nSPS) is 38.3. The molecule has 0 aromatic carbocycles. The number of piperidine rings is 1. The molecule has 7 nitrogen and oxygen atoms in total. The second-order valence-electron chi connectivity index (χ2n) is 6.50. The summed E-state index contributed by atoms with van der Waals surface area (Å²) in [6, 6.07) is -0.488. The highest BCUT2D eigenvalue weighted by Crippen LogP contribution is 2.47. The van der Waals surface area contributed by atoms with Gasteiger partial charge in [0.1, 0.15) is 6.61 Å². The third kappa shape index (κ3) is 2.63. The topological polar surface area (TPSA) is 84.9 Å². The van der Waals surface area contributed by atoms with Crippen molar-refractivity contribution in [1.82, 2.24) is 10.2 Å². The maximum absolute atomic E-state index is 12.3. The Morgan fingerprint density at radius 3 is 2.87 bits per heavy atom. The monoisotopic (exact) mass is 324 g/mol. The van der Waals surface area contributed by atoms with Gasteiger partial charge in [0.15, 0.2) is 6.10 Å². The van der Waals surface area contributed by atoms with Gasteiger partial charge in [0.05, 0.1) is 17.6 Å². The van der Waals surface area contributed by atoms with Crippen LogP contribution in [0.25, 0.3) is 0 Å². The number of amides is 3. The Hall–Kier alpha value is -1.89. The summed E-state index contributed by atoms with van der Waals surface area (Å²) in [7, 11) is 0. The van der Waals surface area contributed by atoms with Gasteiger partial charge in [-0.1, -0.05) is 27.0 Å². The summed E-state index contributed by atoms with van der Waals surface area (Å²) in [6.45, 7) is 7.97. The smallest absolute Gasteiger partial charge is 0.410 e. The number of imide groups is 1. The van der Waals surface area contributed by atoms with Gasteiger partial charge >= 0.3 is 6.09 Å². The molecule has 7 heteroatoms. The molecule has 0 aromatic rings. The van der Waals surface area contributed by atoms with Crippen molar-refractivity contribution in [2.24, 2.45) is 11.8 Å². The Bertz CT molecular complexity index is 549. The highest BCUT2D eigenvalue weighted by Gasteiger charge is 2.65. The summed E-state index contributed by atoms with van der Waals surface area (Å²) >= 11 is 0. The first-order valence-electron chi connectivity index (χ1n) is 7.44. The molecule has 128 valence electrons. The molecule has 0 bridgehead atoms. The van der Waals surface area contributed by atoms with E-state index in [9.17, 15) is 14.4 Å². The van der Waals surface area contributed by atoms with Gasteiger partial charge in [0.25, 0.3) is 5.91 Å². The maximum atomic E-state index is 12.3. The van der Waals surface area contributed by atoms with Crippen LogP contribution in [0.2, 0.25) is 0 Å². The van der Waals surface area contributed by atoms with Gasteiger partial charge in [0, 0.05) is 6.54 Å². The summed E-state index contributed by atoms with van der Waals surface area (Å²) in [5.74, 6) is -1.27. The molecule has 3 heterocycles. The molecule has 0 aromatic heterocycles. The number of carbonyl (C=O) groups excluding carboxylic acids is 3. The van der Waals surface area contributed by atoms with Gasteiger partial charge in [-0.25, -0.2) is 4.79 Å². The number of ether oxygens (including phenoxy) is 2. The lowest BCUT2D eigenvalue weighted by molar-refractivity contribution is -0.140. The van der Waals surface area contributed by atoms with Crippen molar-refractivity contribution in [2.45, 2.75) is 45.4 Å². The van der Waals surface area contributed by atoms with E-state index in [4.69, 9.17) is 9.47 Å². The van der Waals surface area contributed by atoms with Crippen LogP contribution >= 0.6 is 0 Å². The molecule has 0 saturated carbocycles. The van der Waals surface area contributed by atoms with Crippen LogP contribution in [-0.2, 0) is 19.1 Å². The average Bonchev–Trinajstić information content (AvgIpc) is 2.89. The molecular formula is C16H24N2O5. The number of carbonyl (C=O) groups is 3. The van der Waals surface area contributed by atoms with Crippen molar-refractivity contribution in [1.29, 1.82) is 0 Å². The van der Waals surface area contributed by atoms with Crippen molar-refractivity contribution >= 4 is 17.9 Å². The number of rotatable bonds is 2. The molecule has 1 N–H and O–H groups in total. The Morgan fingerprint density at radius 2 is 2.22 bits per heavy atom. The van der Waals surface area contributed by atoms with Crippen LogP contribution in [0.1, 0.15) is 27.7 Å². The van der Waals surface area contributed by atoms with Gasteiger partial charge in [0.2, 0.25) is 5.91 Å². The molecule has 3 aliphatic heterocycles. The second-order valence-corrected chi connectivity index (χ2v) is 6.50. The van der Waals surface area contributed by atoms with E-state index in [1.807, 2.05) is 13.8 Å². The van der Waals surface area contributed by atoms with E-state index < -0.39 is 35.7 Å². The van der Waals surface area contributed by atoms with E-state index in [0.717, 1.165) is 0 Å². The zero-order valence-electron chi connectivity index (χ0n) is 12.7. The summed E-state index contributed by atoms with van der Waals surface area (Å²) < 4.78 is 11.1. The maximum Gasteiger partial charge on any atom is 0.410 e. The lowest BCUT2D eigenvalue weighted by Gasteiger charge is -2.46. The van der Waals surface area contributed by atoms with Crippen LogP contribution in [0.15, 0.2) is 12.7 Å². The number of nitrogens with one attached hydrogen (secondary N) is 1. The molecule has 3 amide bonds. The van der Waals surface area contributed by atoms with E-state index >= 15 is 0 Å². The van der Waals surface area contributed by atoms with Gasteiger partial charge in [-0.05, 0) is 19.3 Å². The number of nitrogens with zero attached hydrogens (tertiary/aromatic N) is 1. The molecular weight excluding hydrogens is 300 g/mol. The molecule has 3 aliphatic rings. The third-order valence-electron chi connectivity index (χ3n) is 4.65. The first-order valence-corrected chi connectivity index (χ1v) is 7.44. The minimum Gasteiger partial charge on any atom is -0.445 e. The molecule has 3 saturated heterocycles. The summed E-state index contributed by atoms with van der Waals surface area (Å²) in [4.78, 5) is 37.9. The summed E-state index contributed by atoms with van der Waals surface area (Å²) in [5.41, 5.74) is -0.715. The minimum atomic E-state index is -0.817. The molecule has 0 spiro atoms. The average molecular weight is 324 g/mol. The van der Waals surface area contributed by atoms with Crippen molar-refractivity contribution in [3.63, 3.8) is 0 Å². The Labute approximate surface area is 136 Å². The van der Waals surface area contributed by atoms with Crippen molar-refractivity contribution in [3.8, 4) is 0 Å². The fourth-order valence-electron chi connectivity index (χ4n) is 4.05. The first kappa shape index (κ1) is 17.5. The predicted octanol–water partition coefficient (Wildman–Crippen LogP) is 1.09. The van der Waals surface area contributed by atoms with Crippen LogP contribution in [0, 0.1) is 11.8 Å². The number of hydrogen-bond donors (Lipinski definition) is 1. The zero-order valence-corrected chi connectivity index (χ0v) is 12.7. The van der Waals surface area contributed by atoms with E-state index in [1.165, 1.54) is 6.08 Å². The van der Waals surface area contributed by atoms with Gasteiger partial charge < -0.3 is 14.4 Å². The number of fused-ring (bicyclic) bond motifs is 3. The highest BCUT2D eigenvalue weighted by atomic mass is 16.6. The molecule has 23 heavy (non-hydrogen) atoms. The van der Waals surface area contributed by atoms with E-state index in [1.54, 1.807) is 4.90 Å². The van der Waals surface area contributed by atoms with Crippen LogP contribution in [0.4, 0.5) is 4.79 Å². The number of likely N-dealkylation sites (tertiary alicyclic amines) is 1. The minimum absolute atomic E-state index is 0. The zero-order chi connectivity index (χ0) is 16.1. The van der Waals surface area contributed by atoms with Crippen LogP contribution in [0.5, 0.6) is 0 Å². The quantitative estimate of drug-likeness (QED) is 0.607. The third-order valence-corrected chi connectivity index (χ3v) is 4.65. The van der Waals surface area contributed by atoms with Gasteiger partial charge in [-0.3, -0.25) is 14.9 Å². The summed E-state index contributed by atoms with van der Waals surface area (Å²) in [5, 5.41) is 2.29. The molecule has 0 unspecified atom stereocenters. The SMILES string of the molecule is C.C=CCOC(=O)N1C[C@@H](C)C[C@]2(C)O[C@@H]3C(=O)NC(=O)[C@@H]3[C@H]12. The van der Waals surface area contributed by atoms with Gasteiger partial charge in [-0.2, -0.15) is 0 Å². The van der Waals surface area contributed by atoms with Crippen LogP contribution in [0.3, 0.4) is 0 Å². The van der Waals surface area contributed by atoms with E-state index in [2.05, 4.69) is 11.9 Å². The molecule has 3 fully saturated rings. The number of hydrogen-bond acceptors (Lipinski definition) is 5. The van der Waals surface area contributed by atoms with E-state index in [-0.39, 0.29) is 25.9 Å². The fraction of sp³-hybridized carbons (Fsp3) is 0.688. The van der Waals surface area contributed by atoms with Crippen molar-refractivity contribution in [2.75, 3.05) is 13.2 Å². The van der Waals surface area contributed by atoms with Crippen LogP contribution in [-0.4, -0.2) is 53.7 Å². The molecule has 5 atom stereocenters. The Balaban J connectivity index is 0.00000192. The Morgan fingerprint density at radius 1 is 1.52 bits per heavy atom. The molecule has 0 radical (unpaired) electrons. The van der Waals surface area contributed by atoms with Crippen LogP contribution < -0.4 is 5.32 Å². The fourth-order valence-corrected chi connectivity index (χ4v) is 4.05. The summed E-state index contributed by atoms with van der Waals surface area (Å²) in [6.07, 6.45) is 0.863. The van der Waals surface area contributed by atoms with E-state index in [0.29, 0.717) is 13.0 Å². The lowest BCUT2D eigenvalue weighted by Crippen LogP contribution is -2.60. The molecule has 3 rings (SSSR count). The highest BCUT2D eigenvalue weighted by molar-refractivity contribution is 6.07. The standard InChI is InChI=1S/C15H20N2O5.CH4/c1-4-5-21-14(20)17-7-8(2)6-15(3)11(17)9-10(22-15)13(19)16-12(9)18;/h4,8-11H,1,5-7H2,2-3H3,(H,16,18,19);1H4/t8-,9-,10-,11-,15-;/m0./s1. The lowest BCUT2D eigenvalue weighted by atomic mass is 9.77. The van der Waals surface area contributed by atoms with Gasteiger partial charge in [-0.15, -0.1) is 0 Å².